The molecule has 0 saturated carbocycles. The molecule has 74 valence electrons. The van der Waals surface area contributed by atoms with Crippen LogP contribution in [0.3, 0.4) is 0 Å². The van der Waals surface area contributed by atoms with Gasteiger partial charge in [0, 0.05) is 0 Å². The fourth-order valence-corrected chi connectivity index (χ4v) is 1.80. The molecule has 0 amide bonds. The van der Waals surface area contributed by atoms with E-state index in [1.165, 1.54) is 4.52 Å². The molecule has 0 N–H and O–H groups in total. The minimum atomic E-state index is -0.141. The Labute approximate surface area is 84.2 Å². The predicted octanol–water partition coefficient (Wildman–Crippen LogP) is -0.139. The zero-order valence-corrected chi connectivity index (χ0v) is 8.08. The van der Waals surface area contributed by atoms with Gasteiger partial charge in [-0.15, -0.1) is 0 Å². The molecular formula is C10H8N4O. The van der Waals surface area contributed by atoms with Crippen LogP contribution in [0.1, 0.15) is 6.92 Å². The summed E-state index contributed by atoms with van der Waals surface area (Å²) in [7, 11) is 0. The maximum absolute atomic E-state index is 11.9. The van der Waals surface area contributed by atoms with E-state index in [0.29, 0.717) is 5.52 Å². The number of hydrogen-bond donors (Lipinski definition) is 0. The Morgan fingerprint density at radius 1 is 1.13 bits per heavy atom. The molecule has 3 aromatic rings. The zero-order chi connectivity index (χ0) is 10.4. The lowest BCUT2D eigenvalue weighted by Crippen LogP contribution is -2.27. The molecule has 0 atom stereocenters. The van der Waals surface area contributed by atoms with Gasteiger partial charge < -0.3 is 0 Å². The maximum Gasteiger partial charge on any atom is 0.297 e. The Hall–Kier alpha value is -2.17. The van der Waals surface area contributed by atoms with Crippen molar-refractivity contribution >= 4 is 17.1 Å². The minimum Gasteiger partial charge on any atom is -0.265 e. The normalized spacial score (nSPS) is 13.0. The Bertz CT molecular complexity index is 695. The highest BCUT2D eigenvalue weighted by Crippen LogP contribution is 1.96. The third-order valence-electron chi connectivity index (χ3n) is 2.46. The first-order valence-electron chi connectivity index (χ1n) is 4.62. The number of hydrogen-bond acceptors (Lipinski definition) is 3. The van der Waals surface area contributed by atoms with Crippen LogP contribution in [-0.4, -0.2) is 19.2 Å². The third kappa shape index (κ3) is 0.890. The van der Waals surface area contributed by atoms with Crippen LogP contribution in [-0.2, 0) is 0 Å². The van der Waals surface area contributed by atoms with E-state index in [1.807, 2.05) is 13.0 Å². The maximum atomic E-state index is 11.9. The number of aromatic nitrogens is 4. The first-order chi connectivity index (χ1) is 7.33. The van der Waals surface area contributed by atoms with Crippen molar-refractivity contribution in [3.8, 4) is 0 Å². The summed E-state index contributed by atoms with van der Waals surface area (Å²) in [4.78, 5) is 11.9. The predicted molar refractivity (Wildman–Crippen MR) is 55.6 cm³/mol. The van der Waals surface area contributed by atoms with Gasteiger partial charge in [0.15, 0.2) is 0 Å². The van der Waals surface area contributed by atoms with Crippen molar-refractivity contribution in [2.24, 2.45) is 0 Å². The molecule has 0 aliphatic heterocycles. The summed E-state index contributed by atoms with van der Waals surface area (Å²) in [5.74, 6) is 0. The van der Waals surface area contributed by atoms with Crippen LogP contribution >= 0.6 is 0 Å². The molecule has 0 fully saturated rings. The molecule has 5 heteroatoms. The van der Waals surface area contributed by atoms with E-state index >= 15 is 0 Å². The Morgan fingerprint density at radius 2 is 1.80 bits per heavy atom. The summed E-state index contributed by atoms with van der Waals surface area (Å²) in [6.07, 6.45) is 5.14. The summed E-state index contributed by atoms with van der Waals surface area (Å²) in [6.45, 7) is 1.91. The van der Waals surface area contributed by atoms with Gasteiger partial charge in [-0.25, -0.2) is 4.52 Å². The topological polar surface area (TPSA) is 51.7 Å². The van der Waals surface area contributed by atoms with Crippen LogP contribution < -0.4 is 10.9 Å². The lowest BCUT2D eigenvalue weighted by atomic mass is 10.4. The van der Waals surface area contributed by atoms with E-state index in [1.54, 1.807) is 29.0 Å². The van der Waals surface area contributed by atoms with Crippen LogP contribution in [0.5, 0.6) is 0 Å². The van der Waals surface area contributed by atoms with E-state index < -0.39 is 0 Å². The van der Waals surface area contributed by atoms with Crippen molar-refractivity contribution in [3.63, 3.8) is 0 Å². The first-order valence-corrected chi connectivity index (χ1v) is 4.62. The summed E-state index contributed by atoms with van der Waals surface area (Å²) >= 11 is 0. The summed E-state index contributed by atoms with van der Waals surface area (Å²) < 4.78 is 3.03. The van der Waals surface area contributed by atoms with Crippen LogP contribution in [0.2, 0.25) is 0 Å². The highest BCUT2D eigenvalue weighted by molar-refractivity contribution is 5.55. The fraction of sp³-hybridized carbons (Fsp3) is 0.100. The lowest BCUT2D eigenvalue weighted by Gasteiger charge is -1.97. The van der Waals surface area contributed by atoms with Gasteiger partial charge in [0.05, 0.1) is 23.3 Å². The highest BCUT2D eigenvalue weighted by Gasteiger charge is 2.07. The van der Waals surface area contributed by atoms with Crippen molar-refractivity contribution < 1.29 is 0 Å². The fourth-order valence-electron chi connectivity index (χ4n) is 1.80. The Morgan fingerprint density at radius 3 is 2.53 bits per heavy atom. The van der Waals surface area contributed by atoms with Gasteiger partial charge in [-0.05, 0) is 19.1 Å². The van der Waals surface area contributed by atoms with E-state index in [4.69, 9.17) is 0 Å². The van der Waals surface area contributed by atoms with Crippen LogP contribution in [0, 0.1) is 0 Å². The molecule has 15 heavy (non-hydrogen) atoms. The average molecular weight is 200 g/mol. The van der Waals surface area contributed by atoms with E-state index in [-0.39, 0.29) is 5.56 Å². The molecular weight excluding hydrogens is 192 g/mol. The van der Waals surface area contributed by atoms with Crippen LogP contribution in [0.25, 0.3) is 17.1 Å². The molecule has 0 aromatic carbocycles. The molecule has 0 aliphatic carbocycles. The molecule has 0 spiro atoms. The van der Waals surface area contributed by atoms with Crippen LogP contribution in [0.15, 0.2) is 29.3 Å². The summed E-state index contributed by atoms with van der Waals surface area (Å²) in [5, 5.41) is 9.01. The second-order valence-corrected chi connectivity index (χ2v) is 3.24. The van der Waals surface area contributed by atoms with E-state index in [0.717, 1.165) is 10.9 Å². The smallest absolute Gasteiger partial charge is 0.265 e. The van der Waals surface area contributed by atoms with E-state index in [9.17, 15) is 4.79 Å². The largest absolute Gasteiger partial charge is 0.297 e. The molecule has 0 aliphatic rings. The molecule has 3 rings (SSSR count). The summed E-state index contributed by atoms with van der Waals surface area (Å²) in [5.41, 5.74) is 1.18. The average Bonchev–Trinajstić information content (AvgIpc) is 2.85. The molecule has 0 radical (unpaired) electrons. The van der Waals surface area contributed by atoms with Crippen molar-refractivity contribution in [2.75, 3.05) is 0 Å². The third-order valence-corrected chi connectivity index (χ3v) is 2.46. The molecule has 3 aromatic heterocycles. The standard InChI is InChI=1S/C10H8N4O/c1-2-7-8-3-5-12-14(8)10(15)9-4-6-11-13(7)9/h2-6H,1H3. The van der Waals surface area contributed by atoms with Gasteiger partial charge in [-0.2, -0.15) is 14.7 Å². The Balaban J connectivity index is 2.85. The van der Waals surface area contributed by atoms with E-state index in [2.05, 4.69) is 10.2 Å². The quantitative estimate of drug-likeness (QED) is 0.507. The first kappa shape index (κ1) is 8.16. The van der Waals surface area contributed by atoms with Gasteiger partial charge in [-0.1, -0.05) is 6.08 Å². The lowest BCUT2D eigenvalue weighted by molar-refractivity contribution is 0.855. The molecule has 0 bridgehead atoms. The summed E-state index contributed by atoms with van der Waals surface area (Å²) in [6, 6.07) is 3.49. The van der Waals surface area contributed by atoms with Crippen molar-refractivity contribution in [3.05, 3.63) is 40.2 Å². The van der Waals surface area contributed by atoms with Gasteiger partial charge in [0.2, 0.25) is 0 Å². The monoisotopic (exact) mass is 200 g/mol. The van der Waals surface area contributed by atoms with Gasteiger partial charge in [0.1, 0.15) is 5.52 Å². The molecule has 5 nitrogen and oxygen atoms in total. The second-order valence-electron chi connectivity index (χ2n) is 3.24. The minimum absolute atomic E-state index is 0.141. The van der Waals surface area contributed by atoms with Crippen molar-refractivity contribution in [1.29, 1.82) is 0 Å². The highest BCUT2D eigenvalue weighted by atomic mass is 16.1. The number of rotatable bonds is 0. The van der Waals surface area contributed by atoms with Gasteiger partial charge >= 0.3 is 0 Å². The van der Waals surface area contributed by atoms with Crippen molar-refractivity contribution in [2.45, 2.75) is 6.92 Å². The van der Waals surface area contributed by atoms with Crippen LogP contribution in [0.4, 0.5) is 0 Å². The van der Waals surface area contributed by atoms with Gasteiger partial charge in [-0.3, -0.25) is 4.79 Å². The number of fused-ring (bicyclic) bond motifs is 2. The van der Waals surface area contributed by atoms with Crippen molar-refractivity contribution in [1.82, 2.24) is 19.2 Å². The Kier molecular flexibility index (Phi) is 1.45. The molecule has 0 saturated heterocycles. The number of nitrogens with zero attached hydrogens (tertiary/aromatic N) is 4. The van der Waals surface area contributed by atoms with Gasteiger partial charge in [0.25, 0.3) is 5.56 Å². The molecule has 0 unspecified atom stereocenters. The second kappa shape index (κ2) is 2.66. The molecule has 3 heterocycles. The SMILES string of the molecule is CC=c1c2ccnn2c(=O)c2ccnn12. The zero-order valence-electron chi connectivity index (χ0n) is 8.08.